The first kappa shape index (κ1) is 30.7. The molecular weight excluding hydrogens is 564 g/mol. The van der Waals surface area contributed by atoms with Gasteiger partial charge < -0.3 is 9.80 Å². The predicted octanol–water partition coefficient (Wildman–Crippen LogP) is 5.29. The lowest BCUT2D eigenvalue weighted by molar-refractivity contribution is -0.128. The molecule has 0 bridgehead atoms. The van der Waals surface area contributed by atoms with Crippen molar-refractivity contribution in [3.05, 3.63) is 76.9 Å². The maximum atomic E-state index is 15.0. The number of pyridine rings is 1. The van der Waals surface area contributed by atoms with Crippen molar-refractivity contribution in [1.29, 1.82) is 0 Å². The van der Waals surface area contributed by atoms with Crippen LogP contribution in [0.15, 0.2) is 48.2 Å². The summed E-state index contributed by atoms with van der Waals surface area (Å²) in [7, 11) is 1.60. The van der Waals surface area contributed by atoms with E-state index in [0.29, 0.717) is 54.5 Å². The fourth-order valence-corrected chi connectivity index (χ4v) is 5.37. The first-order valence-electron chi connectivity index (χ1n) is 13.4. The summed E-state index contributed by atoms with van der Waals surface area (Å²) in [4.78, 5) is 48.1. The Morgan fingerprint density at radius 3 is 2.60 bits per heavy atom. The summed E-state index contributed by atoms with van der Waals surface area (Å²) in [5.74, 6) is -1.12. The van der Waals surface area contributed by atoms with Crippen molar-refractivity contribution in [2.24, 2.45) is 4.99 Å². The maximum Gasteiger partial charge on any atom is 0.246 e. The standard InChI is InChI=1S/C30H32ClF2N7O2/c1-7-25(42)38-10-11-39(18(4)14-38)29(34-6)22-13-23(31)27(21-12-20(32)8-9-24(21)33)37-30(22)40(16-41)28-19(5)35-15-36-26(28)17(2)3/h7-9,12-13,15-18H,1,10-11,14H2,2-6H3/b34-29+. The summed E-state index contributed by atoms with van der Waals surface area (Å²) in [5.41, 5.74) is 1.68. The molecule has 1 aliphatic rings. The first-order chi connectivity index (χ1) is 20.0. The van der Waals surface area contributed by atoms with Crippen molar-refractivity contribution < 1.29 is 18.4 Å². The number of piperazine rings is 1. The van der Waals surface area contributed by atoms with E-state index in [-0.39, 0.29) is 40.0 Å². The highest BCUT2D eigenvalue weighted by Gasteiger charge is 2.33. The number of hydrogen-bond donors (Lipinski definition) is 0. The van der Waals surface area contributed by atoms with Crippen molar-refractivity contribution in [1.82, 2.24) is 24.8 Å². The number of aliphatic imine (C=N–C) groups is 1. The minimum atomic E-state index is -0.731. The molecule has 220 valence electrons. The summed E-state index contributed by atoms with van der Waals surface area (Å²) in [6.45, 7) is 12.4. The van der Waals surface area contributed by atoms with Gasteiger partial charge in [-0.25, -0.2) is 23.7 Å². The molecule has 0 saturated carbocycles. The second-order valence-electron chi connectivity index (χ2n) is 10.2. The number of anilines is 2. The van der Waals surface area contributed by atoms with Gasteiger partial charge in [0.25, 0.3) is 0 Å². The van der Waals surface area contributed by atoms with Crippen LogP contribution in [0.4, 0.5) is 20.3 Å². The highest BCUT2D eigenvalue weighted by atomic mass is 35.5. The Morgan fingerprint density at radius 1 is 1.24 bits per heavy atom. The maximum absolute atomic E-state index is 15.0. The van der Waals surface area contributed by atoms with Gasteiger partial charge in [0.15, 0.2) is 5.82 Å². The van der Waals surface area contributed by atoms with E-state index in [9.17, 15) is 18.4 Å². The second-order valence-corrected chi connectivity index (χ2v) is 10.6. The molecule has 1 fully saturated rings. The van der Waals surface area contributed by atoms with Crippen LogP contribution in [0.5, 0.6) is 0 Å². The molecule has 1 atom stereocenters. The molecule has 2 amide bonds. The SMILES string of the molecule is C=CC(=O)N1CCN(/C(=N/C)c2cc(Cl)c(-c3cc(F)ccc3F)nc2N(C=O)c2c(C)ncnc2C(C)C)C(C)C1. The Morgan fingerprint density at radius 2 is 1.98 bits per heavy atom. The Labute approximate surface area is 248 Å². The normalized spacial score (nSPS) is 15.6. The summed E-state index contributed by atoms with van der Waals surface area (Å²) in [6.07, 6.45) is 3.29. The van der Waals surface area contributed by atoms with Crippen LogP contribution >= 0.6 is 11.6 Å². The first-order valence-corrected chi connectivity index (χ1v) is 13.8. The number of aromatic nitrogens is 3. The Bertz CT molecular complexity index is 1560. The van der Waals surface area contributed by atoms with Crippen molar-refractivity contribution in [2.45, 2.75) is 39.7 Å². The Balaban J connectivity index is 1.97. The zero-order valence-electron chi connectivity index (χ0n) is 24.1. The van der Waals surface area contributed by atoms with Gasteiger partial charge in [0, 0.05) is 38.3 Å². The van der Waals surface area contributed by atoms with Crippen LogP contribution < -0.4 is 4.90 Å². The smallest absolute Gasteiger partial charge is 0.246 e. The fraction of sp³-hybridized carbons (Fsp3) is 0.333. The van der Waals surface area contributed by atoms with Gasteiger partial charge in [-0.1, -0.05) is 32.0 Å². The molecule has 9 nitrogen and oxygen atoms in total. The molecule has 0 aliphatic carbocycles. The molecule has 1 saturated heterocycles. The Kier molecular flexibility index (Phi) is 9.30. The molecule has 0 spiro atoms. The molecule has 1 aromatic carbocycles. The van der Waals surface area contributed by atoms with Crippen molar-refractivity contribution in [3.8, 4) is 11.3 Å². The summed E-state index contributed by atoms with van der Waals surface area (Å²) in [6, 6.07) is 4.36. The fourth-order valence-electron chi connectivity index (χ4n) is 5.11. The number of carbonyl (C=O) groups is 2. The molecule has 0 N–H and O–H groups in total. The van der Waals surface area contributed by atoms with E-state index in [0.717, 1.165) is 18.2 Å². The lowest BCUT2D eigenvalue weighted by Gasteiger charge is -2.41. The number of hydrogen-bond acceptors (Lipinski definition) is 6. The molecule has 3 heterocycles. The van der Waals surface area contributed by atoms with Crippen molar-refractivity contribution in [3.63, 3.8) is 0 Å². The van der Waals surface area contributed by atoms with Gasteiger partial charge in [-0.15, -0.1) is 0 Å². The lowest BCUT2D eigenvalue weighted by atomic mass is 10.0. The van der Waals surface area contributed by atoms with E-state index in [2.05, 4.69) is 21.5 Å². The van der Waals surface area contributed by atoms with E-state index in [1.54, 1.807) is 24.9 Å². The number of amidine groups is 1. The summed E-state index contributed by atoms with van der Waals surface area (Å²) in [5, 5.41) is 0.0310. The van der Waals surface area contributed by atoms with Crippen molar-refractivity contribution in [2.75, 3.05) is 31.6 Å². The average molecular weight is 596 g/mol. The lowest BCUT2D eigenvalue weighted by Crippen LogP contribution is -2.55. The number of halogens is 3. The van der Waals surface area contributed by atoms with Crippen molar-refractivity contribution >= 4 is 41.3 Å². The van der Waals surface area contributed by atoms with Crippen LogP contribution in [0.2, 0.25) is 5.02 Å². The van der Waals surface area contributed by atoms with Gasteiger partial charge in [-0.2, -0.15) is 0 Å². The van der Waals surface area contributed by atoms with Gasteiger partial charge in [0.1, 0.15) is 23.8 Å². The molecule has 1 unspecified atom stereocenters. The van der Waals surface area contributed by atoms with Crippen LogP contribution in [-0.2, 0) is 9.59 Å². The number of benzene rings is 1. The van der Waals surface area contributed by atoms with Crippen LogP contribution in [-0.4, -0.2) is 75.6 Å². The molecule has 4 rings (SSSR count). The van der Waals surface area contributed by atoms with Gasteiger partial charge in [-0.05, 0) is 50.1 Å². The third kappa shape index (κ3) is 5.87. The van der Waals surface area contributed by atoms with E-state index in [1.807, 2.05) is 25.7 Å². The van der Waals surface area contributed by atoms with E-state index in [1.165, 1.54) is 17.3 Å². The van der Waals surface area contributed by atoms with Gasteiger partial charge in [0.05, 0.1) is 33.4 Å². The molecule has 0 radical (unpaired) electrons. The number of aryl methyl sites for hydroxylation is 1. The average Bonchev–Trinajstić information content (AvgIpc) is 2.96. The number of carbonyl (C=O) groups excluding carboxylic acids is 2. The Hall–Kier alpha value is -4.25. The number of amides is 2. The molecular formula is C30H32ClF2N7O2. The minimum Gasteiger partial charge on any atom is -0.350 e. The largest absolute Gasteiger partial charge is 0.350 e. The van der Waals surface area contributed by atoms with Gasteiger partial charge in [0.2, 0.25) is 12.3 Å². The zero-order valence-corrected chi connectivity index (χ0v) is 24.9. The molecule has 1 aliphatic heterocycles. The highest BCUT2D eigenvalue weighted by molar-refractivity contribution is 6.33. The predicted molar refractivity (Wildman–Crippen MR) is 159 cm³/mol. The van der Waals surface area contributed by atoms with Crippen LogP contribution in [0.25, 0.3) is 11.3 Å². The number of rotatable bonds is 7. The highest BCUT2D eigenvalue weighted by Crippen LogP contribution is 2.39. The minimum absolute atomic E-state index is 0.0310. The summed E-state index contributed by atoms with van der Waals surface area (Å²) >= 11 is 6.71. The van der Waals surface area contributed by atoms with Gasteiger partial charge in [-0.3, -0.25) is 19.5 Å². The quantitative estimate of drug-likeness (QED) is 0.159. The van der Waals surface area contributed by atoms with E-state index < -0.39 is 11.6 Å². The van der Waals surface area contributed by atoms with Crippen LogP contribution in [0.3, 0.4) is 0 Å². The molecule has 3 aromatic rings. The third-order valence-electron chi connectivity index (χ3n) is 7.13. The van der Waals surface area contributed by atoms with Gasteiger partial charge >= 0.3 is 0 Å². The number of nitrogens with zero attached hydrogens (tertiary/aromatic N) is 7. The zero-order chi connectivity index (χ0) is 30.7. The molecule has 2 aromatic heterocycles. The third-order valence-corrected chi connectivity index (χ3v) is 7.42. The monoisotopic (exact) mass is 595 g/mol. The van der Waals surface area contributed by atoms with Crippen LogP contribution in [0, 0.1) is 18.6 Å². The topological polar surface area (TPSA) is 94.9 Å². The second kappa shape index (κ2) is 12.7. The molecule has 12 heteroatoms. The van der Waals surface area contributed by atoms with E-state index in [4.69, 9.17) is 16.6 Å². The molecule has 42 heavy (non-hydrogen) atoms. The van der Waals surface area contributed by atoms with E-state index >= 15 is 0 Å². The summed E-state index contributed by atoms with van der Waals surface area (Å²) < 4.78 is 29.2. The van der Waals surface area contributed by atoms with Crippen LogP contribution in [0.1, 0.15) is 43.6 Å².